The van der Waals surface area contributed by atoms with Crippen molar-refractivity contribution >= 4 is 0 Å². The van der Waals surface area contributed by atoms with Gasteiger partial charge in [-0.05, 0) is 24.6 Å². The van der Waals surface area contributed by atoms with E-state index in [4.69, 9.17) is 4.74 Å². The van der Waals surface area contributed by atoms with E-state index in [-0.39, 0.29) is 0 Å². The molecule has 1 heteroatoms. The molecule has 1 aliphatic carbocycles. The Labute approximate surface area is 72.0 Å². The van der Waals surface area contributed by atoms with Crippen molar-refractivity contribution in [1.82, 2.24) is 0 Å². The fraction of sp³-hybridized carbons (Fsp3) is 0.0909. The topological polar surface area (TPSA) is 9.23 Å². The van der Waals surface area contributed by atoms with Crippen molar-refractivity contribution in [3.63, 3.8) is 0 Å². The molecule has 0 amide bonds. The van der Waals surface area contributed by atoms with E-state index in [9.17, 15) is 0 Å². The number of para-hydroxylation sites is 1. The van der Waals surface area contributed by atoms with Crippen molar-refractivity contribution in [2.75, 3.05) is 0 Å². The first kappa shape index (κ1) is 7.17. The van der Waals surface area contributed by atoms with Gasteiger partial charge in [-0.3, -0.25) is 0 Å². The highest BCUT2D eigenvalue weighted by Gasteiger charge is 1.99. The van der Waals surface area contributed by atoms with E-state index in [1.807, 2.05) is 42.5 Å². The molecule has 0 fully saturated rings. The Morgan fingerprint density at radius 1 is 1.17 bits per heavy atom. The number of hydrogen-bond acceptors (Lipinski definition) is 1. The molecule has 0 unspecified atom stereocenters. The summed E-state index contributed by atoms with van der Waals surface area (Å²) in [5.74, 6) is 1.69. The predicted octanol–water partition coefficient (Wildman–Crippen LogP) is 2.71. The van der Waals surface area contributed by atoms with Crippen molar-refractivity contribution in [2.24, 2.45) is 0 Å². The molecule has 0 N–H and O–H groups in total. The number of hydrogen-bond donors (Lipinski definition) is 0. The summed E-state index contributed by atoms with van der Waals surface area (Å²) in [4.78, 5) is 0. The van der Waals surface area contributed by atoms with Crippen LogP contribution < -0.4 is 4.74 Å². The molecule has 0 saturated carbocycles. The van der Waals surface area contributed by atoms with Crippen LogP contribution in [-0.4, -0.2) is 0 Å². The average molecular weight is 157 g/mol. The number of allylic oxidation sites excluding steroid dienone is 3. The van der Waals surface area contributed by atoms with Crippen LogP contribution in [0, 0.1) is 6.08 Å². The first-order valence-electron chi connectivity index (χ1n) is 3.95. The van der Waals surface area contributed by atoms with Crippen LogP contribution in [0.2, 0.25) is 0 Å². The minimum absolute atomic E-state index is 0.821. The molecule has 1 aliphatic rings. The van der Waals surface area contributed by atoms with E-state index in [1.165, 1.54) is 0 Å². The minimum Gasteiger partial charge on any atom is -0.457 e. The molecule has 0 aromatic heterocycles. The Hall–Kier alpha value is -1.50. The van der Waals surface area contributed by atoms with Gasteiger partial charge < -0.3 is 4.74 Å². The zero-order chi connectivity index (χ0) is 8.23. The minimum atomic E-state index is 0.821. The van der Waals surface area contributed by atoms with Gasteiger partial charge in [-0.1, -0.05) is 24.3 Å². The zero-order valence-electron chi connectivity index (χ0n) is 6.66. The third-order valence-electron chi connectivity index (χ3n) is 1.63. The first-order valence-corrected chi connectivity index (χ1v) is 3.95. The summed E-state index contributed by atoms with van der Waals surface area (Å²) in [5.41, 5.74) is 0. The second kappa shape index (κ2) is 3.26. The summed E-state index contributed by atoms with van der Waals surface area (Å²) >= 11 is 0. The van der Waals surface area contributed by atoms with Gasteiger partial charge in [0.1, 0.15) is 11.5 Å². The van der Waals surface area contributed by atoms with Crippen LogP contribution in [0.3, 0.4) is 0 Å². The van der Waals surface area contributed by atoms with Crippen LogP contribution >= 0.6 is 0 Å². The first-order chi connectivity index (χ1) is 5.95. The number of benzene rings is 1. The third-order valence-corrected chi connectivity index (χ3v) is 1.63. The summed E-state index contributed by atoms with van der Waals surface area (Å²) in [6, 6.07) is 9.74. The zero-order valence-corrected chi connectivity index (χ0v) is 6.66. The molecule has 0 heterocycles. The molecule has 1 nitrogen and oxygen atoms in total. The highest BCUT2D eigenvalue weighted by molar-refractivity contribution is 5.27. The maximum atomic E-state index is 5.49. The predicted molar refractivity (Wildman–Crippen MR) is 47.6 cm³/mol. The lowest BCUT2D eigenvalue weighted by molar-refractivity contribution is 0.443. The largest absolute Gasteiger partial charge is 0.457 e. The second-order valence-corrected chi connectivity index (χ2v) is 2.56. The van der Waals surface area contributed by atoms with Gasteiger partial charge in [0.25, 0.3) is 0 Å². The smallest absolute Gasteiger partial charge is 0.131 e. The van der Waals surface area contributed by atoms with Gasteiger partial charge in [0.05, 0.1) is 0 Å². The van der Waals surface area contributed by atoms with Gasteiger partial charge in [-0.2, -0.15) is 0 Å². The van der Waals surface area contributed by atoms with E-state index >= 15 is 0 Å². The maximum absolute atomic E-state index is 5.49. The molecule has 12 heavy (non-hydrogen) atoms. The number of rotatable bonds is 2. The lowest BCUT2D eigenvalue weighted by Crippen LogP contribution is -1.88. The standard InChI is InChI=1S/C11H9O/c1-2-6-10(7-3-1)12-11-8-4-5-9-11/h1-4,6-8H,5H2. The van der Waals surface area contributed by atoms with Gasteiger partial charge in [0.15, 0.2) is 0 Å². The van der Waals surface area contributed by atoms with Gasteiger partial charge in [0.2, 0.25) is 0 Å². The number of ether oxygens (including phenoxy) is 1. The molecule has 0 atom stereocenters. The normalized spacial score (nSPS) is 14.5. The van der Waals surface area contributed by atoms with E-state index < -0.39 is 0 Å². The van der Waals surface area contributed by atoms with Crippen molar-refractivity contribution in [3.8, 4) is 5.75 Å². The van der Waals surface area contributed by atoms with Crippen molar-refractivity contribution in [2.45, 2.75) is 6.42 Å². The monoisotopic (exact) mass is 157 g/mol. The van der Waals surface area contributed by atoms with E-state index in [2.05, 4.69) is 6.08 Å². The Morgan fingerprint density at radius 2 is 2.00 bits per heavy atom. The maximum Gasteiger partial charge on any atom is 0.131 e. The molecule has 2 rings (SSSR count). The Balaban J connectivity index is 2.09. The molecule has 1 aromatic carbocycles. The molecular formula is C11H9O. The quantitative estimate of drug-likeness (QED) is 0.641. The van der Waals surface area contributed by atoms with Gasteiger partial charge in [-0.15, -0.1) is 0 Å². The molecule has 0 saturated heterocycles. The van der Waals surface area contributed by atoms with Crippen LogP contribution in [0.5, 0.6) is 5.75 Å². The molecular weight excluding hydrogens is 148 g/mol. The summed E-state index contributed by atoms with van der Waals surface area (Å²) in [6.07, 6.45) is 7.92. The van der Waals surface area contributed by atoms with Crippen LogP contribution in [0.25, 0.3) is 0 Å². The van der Waals surface area contributed by atoms with Crippen molar-refractivity contribution < 1.29 is 4.74 Å². The summed E-state index contributed by atoms with van der Waals surface area (Å²) in [6.45, 7) is 0. The molecule has 59 valence electrons. The van der Waals surface area contributed by atoms with E-state index in [1.54, 1.807) is 0 Å². The van der Waals surface area contributed by atoms with E-state index in [0.717, 1.165) is 17.9 Å². The lowest BCUT2D eigenvalue weighted by Gasteiger charge is -2.02. The van der Waals surface area contributed by atoms with Crippen LogP contribution in [0.15, 0.2) is 48.2 Å². The Morgan fingerprint density at radius 3 is 2.67 bits per heavy atom. The highest BCUT2D eigenvalue weighted by atomic mass is 16.5. The van der Waals surface area contributed by atoms with Crippen LogP contribution in [-0.2, 0) is 0 Å². The fourth-order valence-electron chi connectivity index (χ4n) is 1.07. The molecule has 0 spiro atoms. The average Bonchev–Trinajstić information content (AvgIpc) is 2.59. The molecule has 1 aromatic rings. The Kier molecular flexibility index (Phi) is 1.95. The van der Waals surface area contributed by atoms with Crippen molar-refractivity contribution in [3.05, 3.63) is 54.3 Å². The van der Waals surface area contributed by atoms with E-state index in [0.29, 0.717) is 0 Å². The van der Waals surface area contributed by atoms with Gasteiger partial charge in [-0.25, -0.2) is 0 Å². The molecule has 1 radical (unpaired) electrons. The SMILES string of the molecule is [C]1=C(Oc2ccccc2)C=CC1. The lowest BCUT2D eigenvalue weighted by atomic mass is 10.3. The Bertz CT molecular complexity index is 309. The summed E-state index contributed by atoms with van der Waals surface area (Å²) < 4.78 is 5.49. The summed E-state index contributed by atoms with van der Waals surface area (Å²) in [7, 11) is 0. The third kappa shape index (κ3) is 1.56. The highest BCUT2D eigenvalue weighted by Crippen LogP contribution is 2.16. The van der Waals surface area contributed by atoms with Crippen LogP contribution in [0.4, 0.5) is 0 Å². The fourth-order valence-corrected chi connectivity index (χ4v) is 1.07. The second-order valence-electron chi connectivity index (χ2n) is 2.56. The molecule has 0 bridgehead atoms. The van der Waals surface area contributed by atoms with Crippen LogP contribution in [0.1, 0.15) is 6.42 Å². The van der Waals surface area contributed by atoms with Crippen molar-refractivity contribution in [1.29, 1.82) is 0 Å². The van der Waals surface area contributed by atoms with Gasteiger partial charge >= 0.3 is 0 Å². The molecule has 0 aliphatic heterocycles. The van der Waals surface area contributed by atoms with Gasteiger partial charge in [0, 0.05) is 6.08 Å². The summed E-state index contributed by atoms with van der Waals surface area (Å²) in [5, 5.41) is 0.